The summed E-state index contributed by atoms with van der Waals surface area (Å²) in [5.41, 5.74) is 0.169. The van der Waals surface area contributed by atoms with Crippen LogP contribution in [0.5, 0.6) is 11.5 Å². The Morgan fingerprint density at radius 1 is 1.43 bits per heavy atom. The Bertz CT molecular complexity index is 504. The van der Waals surface area contributed by atoms with Gasteiger partial charge in [0, 0.05) is 19.1 Å². The molecule has 1 saturated heterocycles. The standard InChI is InChI=1S/C16H24N2O3/c1-3-7-17-14-6-8-18(10-11(14)2)16(21)13-9-12(19)4-5-15(13)20/h4-5,9,11,14,17,19-20H,3,6-8,10H2,1-2H3. The predicted octanol–water partition coefficient (Wildman–Crippen LogP) is 1.95. The molecule has 1 amide bonds. The Labute approximate surface area is 125 Å². The van der Waals surface area contributed by atoms with Crippen LogP contribution in [0, 0.1) is 5.92 Å². The number of nitrogens with zero attached hydrogens (tertiary/aromatic N) is 1. The molecule has 5 heteroatoms. The number of aromatic hydroxyl groups is 2. The monoisotopic (exact) mass is 292 g/mol. The Morgan fingerprint density at radius 2 is 2.19 bits per heavy atom. The summed E-state index contributed by atoms with van der Waals surface area (Å²) in [6.07, 6.45) is 2.01. The van der Waals surface area contributed by atoms with Crippen molar-refractivity contribution >= 4 is 5.91 Å². The van der Waals surface area contributed by atoms with Crippen LogP contribution in [-0.4, -0.2) is 46.7 Å². The van der Waals surface area contributed by atoms with Crippen molar-refractivity contribution < 1.29 is 15.0 Å². The van der Waals surface area contributed by atoms with Gasteiger partial charge in [0.15, 0.2) is 0 Å². The first kappa shape index (κ1) is 15.6. The number of rotatable bonds is 4. The molecule has 1 heterocycles. The summed E-state index contributed by atoms with van der Waals surface area (Å²) in [4.78, 5) is 14.2. The van der Waals surface area contributed by atoms with Gasteiger partial charge < -0.3 is 20.4 Å². The number of phenols is 2. The molecule has 0 saturated carbocycles. The lowest BCUT2D eigenvalue weighted by atomic mass is 9.93. The van der Waals surface area contributed by atoms with Crippen LogP contribution in [0.2, 0.25) is 0 Å². The van der Waals surface area contributed by atoms with Crippen molar-refractivity contribution in [1.82, 2.24) is 10.2 Å². The van der Waals surface area contributed by atoms with E-state index < -0.39 is 0 Å². The third-order valence-corrected chi connectivity index (χ3v) is 4.06. The van der Waals surface area contributed by atoms with Crippen LogP contribution in [0.15, 0.2) is 18.2 Å². The lowest BCUT2D eigenvalue weighted by molar-refractivity contribution is 0.0642. The van der Waals surface area contributed by atoms with Gasteiger partial charge in [-0.15, -0.1) is 0 Å². The molecule has 0 aliphatic carbocycles. The molecule has 116 valence electrons. The summed E-state index contributed by atoms with van der Waals surface area (Å²) in [5, 5.41) is 22.8. The number of piperidine rings is 1. The Morgan fingerprint density at radius 3 is 2.86 bits per heavy atom. The summed E-state index contributed by atoms with van der Waals surface area (Å²) in [6, 6.07) is 4.48. The molecule has 0 spiro atoms. The van der Waals surface area contributed by atoms with Gasteiger partial charge >= 0.3 is 0 Å². The molecular weight excluding hydrogens is 268 g/mol. The Kier molecular flexibility index (Phi) is 5.07. The van der Waals surface area contributed by atoms with E-state index in [1.54, 1.807) is 4.90 Å². The first-order valence-electron chi connectivity index (χ1n) is 7.57. The summed E-state index contributed by atoms with van der Waals surface area (Å²) >= 11 is 0. The van der Waals surface area contributed by atoms with Crippen molar-refractivity contribution in [2.45, 2.75) is 32.7 Å². The fourth-order valence-corrected chi connectivity index (χ4v) is 2.83. The molecule has 0 aromatic heterocycles. The van der Waals surface area contributed by atoms with Crippen LogP contribution < -0.4 is 5.32 Å². The van der Waals surface area contributed by atoms with Gasteiger partial charge in [-0.1, -0.05) is 13.8 Å². The lowest BCUT2D eigenvalue weighted by Crippen LogP contribution is -2.50. The van der Waals surface area contributed by atoms with E-state index in [0.29, 0.717) is 25.0 Å². The zero-order chi connectivity index (χ0) is 15.4. The highest BCUT2D eigenvalue weighted by atomic mass is 16.3. The van der Waals surface area contributed by atoms with Crippen LogP contribution in [0.4, 0.5) is 0 Å². The average Bonchev–Trinajstić information content (AvgIpc) is 2.47. The maximum absolute atomic E-state index is 12.5. The molecule has 2 atom stereocenters. The molecule has 1 fully saturated rings. The van der Waals surface area contributed by atoms with E-state index in [1.807, 2.05) is 0 Å². The van der Waals surface area contributed by atoms with Crippen LogP contribution in [0.1, 0.15) is 37.0 Å². The van der Waals surface area contributed by atoms with E-state index in [9.17, 15) is 15.0 Å². The van der Waals surface area contributed by atoms with Gasteiger partial charge in [0.25, 0.3) is 5.91 Å². The van der Waals surface area contributed by atoms with Crippen molar-refractivity contribution in [3.63, 3.8) is 0 Å². The third kappa shape index (κ3) is 3.67. The molecule has 21 heavy (non-hydrogen) atoms. The van der Waals surface area contributed by atoms with Gasteiger partial charge in [0.05, 0.1) is 5.56 Å². The van der Waals surface area contributed by atoms with E-state index in [4.69, 9.17) is 0 Å². The number of nitrogens with one attached hydrogen (secondary N) is 1. The zero-order valence-corrected chi connectivity index (χ0v) is 12.7. The number of likely N-dealkylation sites (tertiary alicyclic amines) is 1. The molecule has 1 aromatic rings. The molecule has 2 rings (SSSR count). The van der Waals surface area contributed by atoms with Gasteiger partial charge in [0.1, 0.15) is 11.5 Å². The van der Waals surface area contributed by atoms with Crippen molar-refractivity contribution in [2.24, 2.45) is 5.92 Å². The van der Waals surface area contributed by atoms with Crippen molar-refractivity contribution in [3.8, 4) is 11.5 Å². The minimum absolute atomic E-state index is 0.0105. The molecule has 2 unspecified atom stereocenters. The number of hydrogen-bond donors (Lipinski definition) is 3. The molecule has 1 aliphatic rings. The van der Waals surface area contributed by atoms with Crippen molar-refractivity contribution in [1.29, 1.82) is 0 Å². The summed E-state index contributed by atoms with van der Waals surface area (Å²) in [5.74, 6) is 0.0540. The first-order valence-corrected chi connectivity index (χ1v) is 7.57. The van der Waals surface area contributed by atoms with E-state index in [-0.39, 0.29) is 23.0 Å². The summed E-state index contributed by atoms with van der Waals surface area (Å²) in [7, 11) is 0. The number of phenolic OH excluding ortho intramolecular Hbond substituents is 2. The minimum atomic E-state index is -0.218. The third-order valence-electron chi connectivity index (χ3n) is 4.06. The predicted molar refractivity (Wildman–Crippen MR) is 81.5 cm³/mol. The molecule has 0 radical (unpaired) electrons. The second kappa shape index (κ2) is 6.80. The second-order valence-electron chi connectivity index (χ2n) is 5.78. The SMILES string of the molecule is CCCNC1CCN(C(=O)c2cc(O)ccc2O)CC1C. The van der Waals surface area contributed by atoms with E-state index in [0.717, 1.165) is 19.4 Å². The zero-order valence-electron chi connectivity index (χ0n) is 12.7. The lowest BCUT2D eigenvalue weighted by Gasteiger charge is -2.37. The molecule has 0 bridgehead atoms. The smallest absolute Gasteiger partial charge is 0.257 e. The van der Waals surface area contributed by atoms with Gasteiger partial charge in [-0.2, -0.15) is 0 Å². The van der Waals surface area contributed by atoms with Gasteiger partial charge in [-0.25, -0.2) is 0 Å². The molecular formula is C16H24N2O3. The fraction of sp³-hybridized carbons (Fsp3) is 0.562. The normalized spacial score (nSPS) is 22.3. The van der Waals surface area contributed by atoms with Gasteiger partial charge in [-0.05, 0) is 43.5 Å². The van der Waals surface area contributed by atoms with E-state index in [1.165, 1.54) is 18.2 Å². The highest BCUT2D eigenvalue weighted by molar-refractivity contribution is 5.97. The van der Waals surface area contributed by atoms with Crippen LogP contribution >= 0.6 is 0 Å². The fourth-order valence-electron chi connectivity index (χ4n) is 2.83. The van der Waals surface area contributed by atoms with Gasteiger partial charge in [0.2, 0.25) is 0 Å². The van der Waals surface area contributed by atoms with Gasteiger partial charge in [-0.3, -0.25) is 4.79 Å². The highest BCUT2D eigenvalue weighted by Crippen LogP contribution is 2.26. The Hall–Kier alpha value is -1.75. The molecule has 3 N–H and O–H groups in total. The number of amides is 1. The van der Waals surface area contributed by atoms with Crippen LogP contribution in [0.3, 0.4) is 0 Å². The topological polar surface area (TPSA) is 72.8 Å². The molecule has 1 aliphatic heterocycles. The Balaban J connectivity index is 2.03. The largest absolute Gasteiger partial charge is 0.508 e. The maximum atomic E-state index is 12.5. The highest BCUT2D eigenvalue weighted by Gasteiger charge is 2.29. The quantitative estimate of drug-likeness (QED) is 0.742. The van der Waals surface area contributed by atoms with Crippen LogP contribution in [-0.2, 0) is 0 Å². The summed E-state index contributed by atoms with van der Waals surface area (Å²) < 4.78 is 0. The number of hydrogen-bond acceptors (Lipinski definition) is 4. The number of carbonyl (C=O) groups is 1. The van der Waals surface area contributed by atoms with E-state index >= 15 is 0 Å². The van der Waals surface area contributed by atoms with Crippen molar-refractivity contribution in [3.05, 3.63) is 23.8 Å². The maximum Gasteiger partial charge on any atom is 0.257 e. The first-order chi connectivity index (χ1) is 10.0. The minimum Gasteiger partial charge on any atom is -0.508 e. The molecule has 5 nitrogen and oxygen atoms in total. The van der Waals surface area contributed by atoms with E-state index in [2.05, 4.69) is 19.2 Å². The number of carbonyl (C=O) groups excluding carboxylic acids is 1. The number of benzene rings is 1. The summed E-state index contributed by atoms with van der Waals surface area (Å²) in [6.45, 7) is 6.60. The van der Waals surface area contributed by atoms with Crippen LogP contribution in [0.25, 0.3) is 0 Å². The molecule has 1 aromatic carbocycles. The van der Waals surface area contributed by atoms with Crippen molar-refractivity contribution in [2.75, 3.05) is 19.6 Å². The average molecular weight is 292 g/mol. The second-order valence-corrected chi connectivity index (χ2v) is 5.78.